The van der Waals surface area contributed by atoms with E-state index < -0.39 is 0 Å². The Morgan fingerprint density at radius 3 is 1.46 bits per heavy atom. The highest BCUT2D eigenvalue weighted by Gasteiger charge is 2.13. The Kier molecular flexibility index (Phi) is 8.88. The van der Waals surface area contributed by atoms with Crippen molar-refractivity contribution in [3.05, 3.63) is 41.5 Å². The van der Waals surface area contributed by atoms with E-state index in [0.717, 1.165) is 22.6 Å². The van der Waals surface area contributed by atoms with Crippen LogP contribution in [-0.2, 0) is 13.1 Å². The molecule has 0 aromatic heterocycles. The van der Waals surface area contributed by atoms with Crippen LogP contribution in [-0.4, -0.2) is 35.5 Å². The second-order valence-electron chi connectivity index (χ2n) is 5.36. The molecule has 0 bridgehead atoms. The van der Waals surface area contributed by atoms with Gasteiger partial charge in [0, 0.05) is 19.2 Å². The number of hydrogen-bond donors (Lipinski definition) is 1. The van der Waals surface area contributed by atoms with Gasteiger partial charge in [0.2, 0.25) is 5.75 Å². The Hall–Kier alpha value is -2.31. The van der Waals surface area contributed by atoms with Gasteiger partial charge in [0.25, 0.3) is 0 Å². The summed E-state index contributed by atoms with van der Waals surface area (Å²) in [6.07, 6.45) is 0. The van der Waals surface area contributed by atoms with E-state index in [0.29, 0.717) is 30.3 Å². The number of methoxy groups -OCH3 is 5. The summed E-state index contributed by atoms with van der Waals surface area (Å²) in [5.41, 5.74) is 2.10. The molecule has 0 radical (unpaired) electrons. The molecule has 0 unspecified atom stereocenters. The Labute approximate surface area is 160 Å². The average Bonchev–Trinajstić information content (AvgIpc) is 2.66. The number of halogens is 1. The minimum absolute atomic E-state index is 0. The molecule has 6 nitrogen and oxygen atoms in total. The highest BCUT2D eigenvalue weighted by atomic mass is 35.5. The van der Waals surface area contributed by atoms with Crippen molar-refractivity contribution in [1.29, 1.82) is 0 Å². The molecule has 0 atom stereocenters. The van der Waals surface area contributed by atoms with Crippen LogP contribution >= 0.6 is 12.4 Å². The van der Waals surface area contributed by atoms with Crippen molar-refractivity contribution in [2.75, 3.05) is 35.5 Å². The molecule has 0 saturated carbocycles. The van der Waals surface area contributed by atoms with Crippen LogP contribution in [0.5, 0.6) is 28.7 Å². The highest BCUT2D eigenvalue weighted by Crippen LogP contribution is 2.38. The predicted octanol–water partition coefficient (Wildman–Crippen LogP) is 3.44. The summed E-state index contributed by atoms with van der Waals surface area (Å²) < 4.78 is 26.7. The van der Waals surface area contributed by atoms with Gasteiger partial charge >= 0.3 is 0 Å². The molecular weight excluding hydrogens is 358 g/mol. The van der Waals surface area contributed by atoms with Gasteiger partial charge < -0.3 is 29.0 Å². The summed E-state index contributed by atoms with van der Waals surface area (Å²) in [6.45, 7) is 1.32. The maximum Gasteiger partial charge on any atom is 0.203 e. The van der Waals surface area contributed by atoms with E-state index in [1.165, 1.54) is 0 Å². The summed E-state index contributed by atoms with van der Waals surface area (Å²) in [6, 6.07) is 9.67. The fourth-order valence-corrected chi connectivity index (χ4v) is 2.56. The summed E-state index contributed by atoms with van der Waals surface area (Å²) in [5, 5.41) is 3.40. The van der Waals surface area contributed by atoms with Gasteiger partial charge in [0.1, 0.15) is 11.5 Å². The molecule has 0 heterocycles. The standard InChI is InChI=1S/C19H25NO5.ClH/c1-21-15-6-13(7-16(10-15)22-2)11-20-12-14-8-17(23-3)19(25-5)18(9-14)24-4;/h6-10,20H,11-12H2,1-5H3;1H. The Bertz CT molecular complexity index is 661. The van der Waals surface area contributed by atoms with Crippen LogP contribution in [0.2, 0.25) is 0 Å². The van der Waals surface area contributed by atoms with Crippen LogP contribution < -0.4 is 29.0 Å². The lowest BCUT2D eigenvalue weighted by Crippen LogP contribution is -2.13. The fraction of sp³-hybridized carbons (Fsp3) is 0.368. The number of nitrogens with one attached hydrogen (secondary N) is 1. The number of ether oxygens (including phenoxy) is 5. The van der Waals surface area contributed by atoms with E-state index in [1.54, 1.807) is 35.5 Å². The molecule has 0 fully saturated rings. The fourth-order valence-electron chi connectivity index (χ4n) is 2.56. The summed E-state index contributed by atoms with van der Waals surface area (Å²) in [7, 11) is 8.09. The molecule has 0 aliphatic heterocycles. The van der Waals surface area contributed by atoms with E-state index in [-0.39, 0.29) is 12.4 Å². The molecule has 0 aliphatic rings. The zero-order valence-electron chi connectivity index (χ0n) is 15.8. The largest absolute Gasteiger partial charge is 0.497 e. The number of benzene rings is 2. The topological polar surface area (TPSA) is 58.2 Å². The van der Waals surface area contributed by atoms with E-state index in [2.05, 4.69) is 5.32 Å². The van der Waals surface area contributed by atoms with Crippen molar-refractivity contribution in [2.45, 2.75) is 13.1 Å². The third-order valence-corrected chi connectivity index (χ3v) is 3.79. The van der Waals surface area contributed by atoms with E-state index in [9.17, 15) is 0 Å². The second kappa shape index (κ2) is 10.6. The molecule has 144 valence electrons. The van der Waals surface area contributed by atoms with Crippen LogP contribution in [0.4, 0.5) is 0 Å². The third kappa shape index (κ3) is 5.34. The van der Waals surface area contributed by atoms with Gasteiger partial charge in [0.05, 0.1) is 35.5 Å². The van der Waals surface area contributed by atoms with Crippen LogP contribution in [0.3, 0.4) is 0 Å². The minimum Gasteiger partial charge on any atom is -0.497 e. The zero-order chi connectivity index (χ0) is 18.2. The van der Waals surface area contributed by atoms with Gasteiger partial charge in [-0.1, -0.05) is 0 Å². The first-order valence-electron chi connectivity index (χ1n) is 7.86. The number of hydrogen-bond acceptors (Lipinski definition) is 6. The average molecular weight is 384 g/mol. The Morgan fingerprint density at radius 1 is 0.615 bits per heavy atom. The minimum atomic E-state index is 0. The van der Waals surface area contributed by atoms with Crippen molar-refractivity contribution in [2.24, 2.45) is 0 Å². The van der Waals surface area contributed by atoms with Crippen molar-refractivity contribution in [3.63, 3.8) is 0 Å². The first kappa shape index (κ1) is 21.7. The zero-order valence-corrected chi connectivity index (χ0v) is 16.6. The highest BCUT2D eigenvalue weighted by molar-refractivity contribution is 5.85. The molecule has 2 aromatic carbocycles. The lowest BCUT2D eigenvalue weighted by molar-refractivity contribution is 0.323. The van der Waals surface area contributed by atoms with Gasteiger partial charge in [-0.3, -0.25) is 0 Å². The molecule has 0 saturated heterocycles. The molecule has 1 N–H and O–H groups in total. The predicted molar refractivity (Wildman–Crippen MR) is 103 cm³/mol. The van der Waals surface area contributed by atoms with Gasteiger partial charge in [-0.15, -0.1) is 12.4 Å². The van der Waals surface area contributed by atoms with Crippen LogP contribution in [0, 0.1) is 0 Å². The van der Waals surface area contributed by atoms with Crippen molar-refractivity contribution in [3.8, 4) is 28.7 Å². The molecule has 0 amide bonds. The van der Waals surface area contributed by atoms with Crippen LogP contribution in [0.25, 0.3) is 0 Å². The van der Waals surface area contributed by atoms with Crippen molar-refractivity contribution >= 4 is 12.4 Å². The molecule has 2 aromatic rings. The second-order valence-corrected chi connectivity index (χ2v) is 5.36. The van der Waals surface area contributed by atoms with Gasteiger partial charge in [-0.2, -0.15) is 0 Å². The van der Waals surface area contributed by atoms with Crippen molar-refractivity contribution in [1.82, 2.24) is 5.32 Å². The van der Waals surface area contributed by atoms with Crippen LogP contribution in [0.1, 0.15) is 11.1 Å². The molecule has 7 heteroatoms. The maximum atomic E-state index is 5.38. The molecular formula is C19H26ClNO5. The monoisotopic (exact) mass is 383 g/mol. The van der Waals surface area contributed by atoms with Gasteiger partial charge in [-0.25, -0.2) is 0 Å². The summed E-state index contributed by atoms with van der Waals surface area (Å²) in [4.78, 5) is 0. The quantitative estimate of drug-likeness (QED) is 0.715. The Morgan fingerprint density at radius 2 is 1.08 bits per heavy atom. The van der Waals surface area contributed by atoms with E-state index in [1.807, 2.05) is 30.3 Å². The summed E-state index contributed by atoms with van der Waals surface area (Å²) in [5.74, 6) is 3.41. The first-order valence-corrected chi connectivity index (χ1v) is 7.86. The van der Waals surface area contributed by atoms with Gasteiger partial charge in [0.15, 0.2) is 11.5 Å². The maximum absolute atomic E-state index is 5.38. The number of rotatable bonds is 9. The summed E-state index contributed by atoms with van der Waals surface area (Å²) >= 11 is 0. The van der Waals surface area contributed by atoms with E-state index in [4.69, 9.17) is 23.7 Å². The third-order valence-electron chi connectivity index (χ3n) is 3.79. The molecule has 2 rings (SSSR count). The lowest BCUT2D eigenvalue weighted by Gasteiger charge is -2.14. The Balaban J connectivity index is 0.00000338. The molecule has 0 aliphatic carbocycles. The first-order chi connectivity index (χ1) is 12.1. The normalized spacial score (nSPS) is 9.88. The smallest absolute Gasteiger partial charge is 0.203 e. The van der Waals surface area contributed by atoms with Gasteiger partial charge in [-0.05, 0) is 35.4 Å². The lowest BCUT2D eigenvalue weighted by atomic mass is 10.1. The SMILES string of the molecule is COc1cc(CNCc2cc(OC)c(OC)c(OC)c2)cc(OC)c1.Cl. The van der Waals surface area contributed by atoms with Crippen molar-refractivity contribution < 1.29 is 23.7 Å². The molecule has 26 heavy (non-hydrogen) atoms. The molecule has 0 spiro atoms. The van der Waals surface area contributed by atoms with E-state index >= 15 is 0 Å². The van der Waals surface area contributed by atoms with Crippen LogP contribution in [0.15, 0.2) is 30.3 Å².